The first kappa shape index (κ1) is 35.6. The van der Waals surface area contributed by atoms with Crippen molar-refractivity contribution in [2.24, 2.45) is 0 Å². The third-order valence-electron chi connectivity index (χ3n) is 11.3. The number of fused-ring (bicyclic) bond motifs is 2. The van der Waals surface area contributed by atoms with Gasteiger partial charge in [-0.2, -0.15) is 0 Å². The van der Waals surface area contributed by atoms with Crippen LogP contribution in [0.1, 0.15) is 46.9 Å². The Balaban J connectivity index is 1.20. The van der Waals surface area contributed by atoms with Gasteiger partial charge < -0.3 is 9.47 Å². The zero-order valence-electron chi connectivity index (χ0n) is 31.6. The Morgan fingerprint density at radius 3 is 0.947 bits per heavy atom. The Bertz CT molecular complexity index is 2320. The van der Waals surface area contributed by atoms with E-state index >= 15 is 0 Å². The highest BCUT2D eigenvalue weighted by Crippen LogP contribution is 2.55. The van der Waals surface area contributed by atoms with Gasteiger partial charge in [-0.05, 0) is 48.2 Å². The molecule has 0 radical (unpaired) electrons. The monoisotopic (exact) mass is 772 g/mol. The Labute approximate surface area is 338 Å². The van der Waals surface area contributed by atoms with Crippen LogP contribution in [0.2, 0.25) is 0 Å². The zero-order chi connectivity index (χ0) is 38.0. The number of rotatable bonds is 8. The van der Waals surface area contributed by atoms with Crippen LogP contribution < -0.4 is 41.3 Å². The number of benzene rings is 8. The van der Waals surface area contributed by atoms with Gasteiger partial charge in [-0.15, -0.1) is 0 Å². The summed E-state index contributed by atoms with van der Waals surface area (Å²) in [6.45, 7) is 0. The molecular weight excluding hydrogens is 731 g/mol. The second-order valence-corrected chi connectivity index (χ2v) is 19.2. The van der Waals surface area contributed by atoms with Crippen LogP contribution in [-0.4, -0.2) is 5.79 Å². The van der Waals surface area contributed by atoms with Crippen LogP contribution in [0.5, 0.6) is 11.5 Å². The van der Waals surface area contributed by atoms with Crippen molar-refractivity contribution < 1.29 is 9.47 Å². The molecule has 0 amide bonds. The Kier molecular flexibility index (Phi) is 9.77. The average molecular weight is 773 g/mol. The van der Waals surface area contributed by atoms with Crippen LogP contribution in [0.4, 0.5) is 0 Å². The van der Waals surface area contributed by atoms with Gasteiger partial charge in [0.1, 0.15) is 11.5 Å². The van der Waals surface area contributed by atoms with Crippen molar-refractivity contribution >= 4 is 47.7 Å². The molecule has 2 aliphatic heterocycles. The summed E-state index contributed by atoms with van der Waals surface area (Å²) in [6, 6.07) is 79.4. The first-order valence-electron chi connectivity index (χ1n) is 19.8. The molecule has 0 aromatic heterocycles. The van der Waals surface area contributed by atoms with Gasteiger partial charge in [0, 0.05) is 46.4 Å². The molecule has 1 spiro atoms. The lowest BCUT2D eigenvalue weighted by Gasteiger charge is -2.48. The molecule has 4 heteroatoms. The van der Waals surface area contributed by atoms with E-state index in [2.05, 4.69) is 218 Å². The normalized spacial score (nSPS) is 16.7. The van der Waals surface area contributed by atoms with Crippen LogP contribution in [0.25, 0.3) is 0 Å². The van der Waals surface area contributed by atoms with Crippen molar-refractivity contribution in [3.05, 3.63) is 241 Å². The number of ether oxygens (including phenoxy) is 2. The predicted molar refractivity (Wildman–Crippen MR) is 240 cm³/mol. The maximum absolute atomic E-state index is 7.72. The molecular formula is C53H42O2P2. The maximum Gasteiger partial charge on any atom is 0.253 e. The molecule has 0 N–H and O–H groups in total. The zero-order valence-corrected chi connectivity index (χ0v) is 33.4. The van der Waals surface area contributed by atoms with Crippen LogP contribution in [0, 0.1) is 0 Å². The van der Waals surface area contributed by atoms with Gasteiger partial charge in [-0.3, -0.25) is 0 Å². The van der Waals surface area contributed by atoms with E-state index in [9.17, 15) is 0 Å². The van der Waals surface area contributed by atoms with Gasteiger partial charge in [0.2, 0.25) is 0 Å². The van der Waals surface area contributed by atoms with E-state index in [1.165, 1.54) is 54.1 Å². The molecule has 0 saturated heterocycles. The van der Waals surface area contributed by atoms with Crippen LogP contribution in [0.15, 0.2) is 218 Å². The minimum atomic E-state index is -0.948. The fraction of sp³-hybridized carbons (Fsp3) is 0.0943. The molecule has 8 aromatic rings. The Morgan fingerprint density at radius 1 is 0.333 bits per heavy atom. The molecule has 0 aliphatic carbocycles. The predicted octanol–water partition coefficient (Wildman–Crippen LogP) is 10.4. The minimum absolute atomic E-state index is 0.0631. The SMILES string of the molecule is c1ccc([C@@H]2CC3(C[C@@H](c4ccccc4)c4cccc(P(c5ccccc5)c5ccccc5)c4O3)Oc3c2cccc3P(c2ccccc2)c2ccccc2)cc1. The van der Waals surface area contributed by atoms with Crippen LogP contribution in [0.3, 0.4) is 0 Å². The van der Waals surface area contributed by atoms with Crippen molar-refractivity contribution in [3.63, 3.8) is 0 Å². The molecule has 0 fully saturated rings. The topological polar surface area (TPSA) is 18.5 Å². The number of hydrogen-bond acceptors (Lipinski definition) is 2. The molecule has 0 unspecified atom stereocenters. The lowest BCUT2D eigenvalue weighted by atomic mass is 9.76. The summed E-state index contributed by atoms with van der Waals surface area (Å²) in [5.74, 6) is 1.09. The molecule has 10 rings (SSSR count). The smallest absolute Gasteiger partial charge is 0.253 e. The Morgan fingerprint density at radius 2 is 0.632 bits per heavy atom. The first-order valence-corrected chi connectivity index (χ1v) is 22.5. The van der Waals surface area contributed by atoms with E-state index in [0.717, 1.165) is 11.5 Å². The van der Waals surface area contributed by atoms with E-state index < -0.39 is 21.6 Å². The average Bonchev–Trinajstić information content (AvgIpc) is 3.28. The van der Waals surface area contributed by atoms with Gasteiger partial charge in [0.15, 0.2) is 0 Å². The van der Waals surface area contributed by atoms with Gasteiger partial charge in [0.25, 0.3) is 5.79 Å². The molecule has 0 bridgehead atoms. The third kappa shape index (κ3) is 6.89. The largest absolute Gasteiger partial charge is 0.451 e. The molecule has 2 aliphatic rings. The first-order chi connectivity index (χ1) is 28.2. The summed E-state index contributed by atoms with van der Waals surface area (Å²) < 4.78 is 15.4. The molecule has 2 heterocycles. The molecule has 2 nitrogen and oxygen atoms in total. The van der Waals surface area contributed by atoms with Gasteiger partial charge >= 0.3 is 0 Å². The van der Waals surface area contributed by atoms with Gasteiger partial charge in [0.05, 0.1) is 0 Å². The van der Waals surface area contributed by atoms with E-state index in [1.807, 2.05) is 0 Å². The molecule has 57 heavy (non-hydrogen) atoms. The third-order valence-corrected chi connectivity index (χ3v) is 16.3. The van der Waals surface area contributed by atoms with Crippen molar-refractivity contribution in [2.75, 3.05) is 0 Å². The van der Waals surface area contributed by atoms with Crippen LogP contribution >= 0.6 is 15.8 Å². The highest BCUT2D eigenvalue weighted by molar-refractivity contribution is 7.80. The van der Waals surface area contributed by atoms with Crippen molar-refractivity contribution in [3.8, 4) is 11.5 Å². The van der Waals surface area contributed by atoms with Gasteiger partial charge in [-0.1, -0.05) is 218 Å². The molecule has 0 saturated carbocycles. The minimum Gasteiger partial charge on any atom is -0.451 e. The highest BCUT2D eigenvalue weighted by Gasteiger charge is 2.51. The van der Waals surface area contributed by atoms with Crippen LogP contribution in [-0.2, 0) is 0 Å². The maximum atomic E-state index is 7.72. The second-order valence-electron chi connectivity index (χ2n) is 14.9. The molecule has 8 aromatic carbocycles. The van der Waals surface area contributed by atoms with Gasteiger partial charge in [-0.25, -0.2) is 0 Å². The standard InChI is InChI=1S/C53H42O2P2/c1-7-21-39(22-8-1)47-37-53(54-51-45(47)33-19-35-49(51)56(41-25-11-3-12-26-41)42-27-13-4-14-28-42)38-48(40-23-9-2-10-24-40)46-34-20-36-50(52(46)55-53)57(43-29-15-5-16-30-43)44-31-17-6-18-32-44/h1-36,47-48H,37-38H2/t47-,48-,53?/m0/s1. The summed E-state index contributed by atoms with van der Waals surface area (Å²) in [6.07, 6.45) is 1.38. The summed E-state index contributed by atoms with van der Waals surface area (Å²) in [5, 5.41) is 7.61. The molecule has 276 valence electrons. The van der Waals surface area contributed by atoms with E-state index in [-0.39, 0.29) is 11.8 Å². The fourth-order valence-corrected chi connectivity index (χ4v) is 13.6. The summed E-state index contributed by atoms with van der Waals surface area (Å²) in [7, 11) is -1.90. The summed E-state index contributed by atoms with van der Waals surface area (Å²) in [4.78, 5) is 0. The van der Waals surface area contributed by atoms with E-state index in [4.69, 9.17) is 9.47 Å². The van der Waals surface area contributed by atoms with E-state index in [0.29, 0.717) is 12.8 Å². The lowest BCUT2D eigenvalue weighted by Crippen LogP contribution is -2.52. The van der Waals surface area contributed by atoms with Crippen molar-refractivity contribution in [1.29, 1.82) is 0 Å². The van der Waals surface area contributed by atoms with Crippen molar-refractivity contribution in [1.82, 2.24) is 0 Å². The number of para-hydroxylation sites is 2. The number of hydrogen-bond donors (Lipinski definition) is 0. The fourth-order valence-electron chi connectivity index (χ4n) is 8.82. The quantitative estimate of drug-likeness (QED) is 0.143. The second kappa shape index (κ2) is 15.6. The van der Waals surface area contributed by atoms with Crippen molar-refractivity contribution in [2.45, 2.75) is 30.5 Å². The summed E-state index contributed by atoms with van der Waals surface area (Å²) in [5.41, 5.74) is 4.99. The van der Waals surface area contributed by atoms with E-state index in [1.54, 1.807) is 0 Å². The summed E-state index contributed by atoms with van der Waals surface area (Å²) >= 11 is 0. The highest BCUT2D eigenvalue weighted by atomic mass is 31.1. The Hall–Kier alpha value is -5.78. The lowest BCUT2D eigenvalue weighted by molar-refractivity contribution is -0.145. The molecule has 2 atom stereocenters.